The van der Waals surface area contributed by atoms with Crippen LogP contribution in [0, 0.1) is 25.7 Å². The van der Waals surface area contributed by atoms with Crippen LogP contribution in [0.2, 0.25) is 5.02 Å². The van der Waals surface area contributed by atoms with Crippen molar-refractivity contribution >= 4 is 39.6 Å². The minimum atomic E-state index is 0.464. The van der Waals surface area contributed by atoms with Crippen LogP contribution in [0.5, 0.6) is 0 Å². The normalized spacial score (nSPS) is 12.5. The van der Waals surface area contributed by atoms with Gasteiger partial charge in [-0.05, 0) is 49.7 Å². The molecule has 0 atom stereocenters. The van der Waals surface area contributed by atoms with Gasteiger partial charge in [0.05, 0.1) is 22.3 Å². The maximum absolute atomic E-state index is 6.14. The molecule has 1 N–H and O–H groups in total. The van der Waals surface area contributed by atoms with Gasteiger partial charge in [-0.1, -0.05) is 35.6 Å². The third kappa shape index (κ3) is 3.35. The average Bonchev–Trinajstić information content (AvgIpc) is 3.48. The largest absolute Gasteiger partial charge is 0.278 e. The summed E-state index contributed by atoms with van der Waals surface area (Å²) in [5.74, 6) is 8.38. The summed E-state index contributed by atoms with van der Waals surface area (Å²) in [4.78, 5) is 5.93. The molecule has 3 aromatic heterocycles. The van der Waals surface area contributed by atoms with E-state index in [1.54, 1.807) is 11.3 Å². The molecule has 0 bridgehead atoms. The highest BCUT2D eigenvalue weighted by atomic mass is 35.5. The minimum absolute atomic E-state index is 0.464. The van der Waals surface area contributed by atoms with Crippen molar-refractivity contribution in [1.29, 1.82) is 0 Å². The van der Waals surface area contributed by atoms with Gasteiger partial charge in [0.15, 0.2) is 5.82 Å². The molecular weight excluding hydrogens is 452 g/mol. The van der Waals surface area contributed by atoms with E-state index in [0.29, 0.717) is 11.6 Å². The highest BCUT2D eigenvalue weighted by molar-refractivity contribution is 7.15. The Hall–Kier alpha value is -3.73. The number of thiophene rings is 1. The van der Waals surface area contributed by atoms with Crippen LogP contribution in [0.15, 0.2) is 53.7 Å². The molecule has 160 valence electrons. The molecule has 5 aromatic rings. The van der Waals surface area contributed by atoms with E-state index < -0.39 is 0 Å². The number of H-pyrrole nitrogens is 1. The zero-order chi connectivity index (χ0) is 22.5. The van der Waals surface area contributed by atoms with Crippen molar-refractivity contribution in [2.75, 3.05) is 0 Å². The number of aromatic nitrogens is 5. The van der Waals surface area contributed by atoms with Crippen molar-refractivity contribution in [1.82, 2.24) is 25.0 Å². The number of aryl methyl sites for hydroxylation is 1. The Balaban J connectivity index is 1.52. The zero-order valence-electron chi connectivity index (χ0n) is 17.8. The molecule has 4 heterocycles. The lowest BCUT2D eigenvalue weighted by Gasteiger charge is -2.09. The van der Waals surface area contributed by atoms with E-state index in [1.165, 1.54) is 0 Å². The summed E-state index contributed by atoms with van der Waals surface area (Å²) in [6.07, 6.45) is 1.81. The first-order chi connectivity index (χ1) is 16.1. The van der Waals surface area contributed by atoms with Crippen molar-refractivity contribution in [3.8, 4) is 16.8 Å². The van der Waals surface area contributed by atoms with E-state index in [4.69, 9.17) is 16.6 Å². The molecule has 6 rings (SSSR count). The van der Waals surface area contributed by atoms with Gasteiger partial charge < -0.3 is 0 Å². The van der Waals surface area contributed by atoms with Crippen molar-refractivity contribution < 1.29 is 0 Å². The van der Waals surface area contributed by atoms with Crippen LogP contribution < -0.4 is 0 Å². The molecule has 1 aliphatic rings. The van der Waals surface area contributed by atoms with Crippen LogP contribution in [0.25, 0.3) is 15.9 Å². The summed E-state index contributed by atoms with van der Waals surface area (Å²) >= 11 is 7.79. The van der Waals surface area contributed by atoms with Crippen LogP contribution in [0.1, 0.15) is 38.8 Å². The van der Waals surface area contributed by atoms with Gasteiger partial charge >= 0.3 is 0 Å². The van der Waals surface area contributed by atoms with Crippen LogP contribution >= 0.6 is 22.9 Å². The zero-order valence-corrected chi connectivity index (χ0v) is 19.4. The second-order valence-electron chi connectivity index (χ2n) is 7.83. The van der Waals surface area contributed by atoms with E-state index in [9.17, 15) is 0 Å². The Bertz CT molecular complexity index is 1630. The number of aliphatic imine (C=N–C) groups is 1. The van der Waals surface area contributed by atoms with Gasteiger partial charge in [0.25, 0.3) is 0 Å². The molecule has 0 unspecified atom stereocenters. The van der Waals surface area contributed by atoms with Crippen molar-refractivity contribution in [3.63, 3.8) is 0 Å². The Morgan fingerprint density at radius 3 is 2.76 bits per heavy atom. The first-order valence-corrected chi connectivity index (χ1v) is 11.6. The van der Waals surface area contributed by atoms with Crippen molar-refractivity contribution in [3.05, 3.63) is 92.5 Å². The fourth-order valence-corrected chi connectivity index (χ4v) is 5.41. The number of halogens is 1. The smallest absolute Gasteiger partial charge is 0.160 e. The molecule has 33 heavy (non-hydrogen) atoms. The number of nitrogens with one attached hydrogen (secondary N) is 1. The summed E-state index contributed by atoms with van der Waals surface area (Å²) in [6.45, 7) is 4.54. The van der Waals surface area contributed by atoms with Gasteiger partial charge in [-0.15, -0.1) is 21.5 Å². The third-order valence-electron chi connectivity index (χ3n) is 5.72. The lowest BCUT2D eigenvalue weighted by Crippen LogP contribution is -2.07. The molecule has 6 nitrogen and oxygen atoms in total. The van der Waals surface area contributed by atoms with Crippen LogP contribution in [-0.4, -0.2) is 30.7 Å². The van der Waals surface area contributed by atoms with Crippen LogP contribution in [0.4, 0.5) is 0 Å². The molecule has 0 radical (unpaired) electrons. The first-order valence-electron chi connectivity index (χ1n) is 10.4. The maximum Gasteiger partial charge on any atom is 0.160 e. The van der Waals surface area contributed by atoms with E-state index in [-0.39, 0.29) is 0 Å². The highest BCUT2D eigenvalue weighted by Crippen LogP contribution is 2.36. The second-order valence-corrected chi connectivity index (χ2v) is 9.26. The molecule has 1 aliphatic heterocycles. The predicted octanol–water partition coefficient (Wildman–Crippen LogP) is 5.23. The summed E-state index contributed by atoms with van der Waals surface area (Å²) in [7, 11) is 0. The van der Waals surface area contributed by atoms with E-state index >= 15 is 0 Å². The Labute approximate surface area is 199 Å². The number of fused-ring (bicyclic) bond motifs is 4. The van der Waals surface area contributed by atoms with Gasteiger partial charge in [0.2, 0.25) is 0 Å². The molecule has 2 aromatic carbocycles. The monoisotopic (exact) mass is 468 g/mol. The van der Waals surface area contributed by atoms with E-state index in [2.05, 4.69) is 43.7 Å². The predicted molar refractivity (Wildman–Crippen MR) is 132 cm³/mol. The maximum atomic E-state index is 6.14. The van der Waals surface area contributed by atoms with E-state index in [1.807, 2.05) is 55.6 Å². The van der Waals surface area contributed by atoms with Crippen LogP contribution in [0.3, 0.4) is 0 Å². The van der Waals surface area contributed by atoms with Gasteiger partial charge in [-0.25, -0.2) is 0 Å². The minimum Gasteiger partial charge on any atom is -0.278 e. The van der Waals surface area contributed by atoms with Crippen molar-refractivity contribution in [2.45, 2.75) is 20.4 Å². The van der Waals surface area contributed by atoms with Gasteiger partial charge in [0, 0.05) is 27.1 Å². The molecule has 0 saturated carbocycles. The molecular formula is C25H17ClN6S. The molecule has 0 fully saturated rings. The number of benzene rings is 2. The Kier molecular flexibility index (Phi) is 4.64. The molecule has 0 spiro atoms. The highest BCUT2D eigenvalue weighted by Gasteiger charge is 2.27. The average molecular weight is 469 g/mol. The second kappa shape index (κ2) is 7.69. The van der Waals surface area contributed by atoms with E-state index in [0.717, 1.165) is 60.4 Å². The third-order valence-corrected chi connectivity index (χ3v) is 7.16. The van der Waals surface area contributed by atoms with Gasteiger partial charge in [-0.2, -0.15) is 5.10 Å². The molecule has 8 heteroatoms. The topological polar surface area (TPSA) is 71.8 Å². The van der Waals surface area contributed by atoms with Crippen LogP contribution in [-0.2, 0) is 6.54 Å². The standard InChI is InChI=1S/C25H17ClN6S/c1-14-21(10-4-16-3-9-20-18(11-16)12-28-30-20)33-25-23(14)24(17-5-7-19(26)8-6-17)27-13-22-31-29-15(2)32(22)25/h3,5-9,11-12H,13H2,1-2H3,(H,28,30). The fourth-order valence-electron chi connectivity index (χ4n) is 4.05. The molecule has 0 amide bonds. The number of rotatable bonds is 1. The fraction of sp³-hybridized carbons (Fsp3) is 0.120. The molecule has 0 aliphatic carbocycles. The summed E-state index contributed by atoms with van der Waals surface area (Å²) in [5, 5.41) is 18.5. The summed E-state index contributed by atoms with van der Waals surface area (Å²) in [6, 6.07) is 13.8. The lowest BCUT2D eigenvalue weighted by molar-refractivity contribution is 0.869. The first kappa shape index (κ1) is 19.9. The quantitative estimate of drug-likeness (QED) is 0.342. The summed E-state index contributed by atoms with van der Waals surface area (Å²) < 4.78 is 2.10. The number of aromatic amines is 1. The Morgan fingerprint density at radius 1 is 1.06 bits per heavy atom. The van der Waals surface area contributed by atoms with Gasteiger partial charge in [-0.3, -0.25) is 14.7 Å². The lowest BCUT2D eigenvalue weighted by atomic mass is 9.99. The SMILES string of the molecule is Cc1c(C#Cc2ccc3[nH]ncc3c2)sc2c1C(c1ccc(Cl)cc1)=NCc1nnc(C)n1-2. The summed E-state index contributed by atoms with van der Waals surface area (Å²) in [5.41, 5.74) is 6.05. The number of nitrogens with zero attached hydrogens (tertiary/aromatic N) is 5. The Morgan fingerprint density at radius 2 is 1.91 bits per heavy atom. The van der Waals surface area contributed by atoms with Crippen molar-refractivity contribution in [2.24, 2.45) is 4.99 Å². The number of hydrogen-bond donors (Lipinski definition) is 1. The van der Waals surface area contributed by atoms with Gasteiger partial charge in [0.1, 0.15) is 17.4 Å². The number of hydrogen-bond acceptors (Lipinski definition) is 5. The molecule has 0 saturated heterocycles.